The lowest BCUT2D eigenvalue weighted by molar-refractivity contribution is 0.102. The smallest absolute Gasteiger partial charge is 0.329 e. The summed E-state index contributed by atoms with van der Waals surface area (Å²) in [7, 11) is 0. The lowest BCUT2D eigenvalue weighted by Crippen LogP contribution is -2.34. The number of hydrogen-bond acceptors (Lipinski definition) is 5. The maximum atomic E-state index is 12.4. The van der Waals surface area contributed by atoms with Crippen molar-refractivity contribution in [2.24, 2.45) is 11.8 Å². The van der Waals surface area contributed by atoms with Crippen LogP contribution < -0.4 is 17.0 Å². The number of Topliss-reactive ketones (excluding diaryl/α,β-unsaturated/α-hetero) is 1. The van der Waals surface area contributed by atoms with Crippen molar-refractivity contribution in [1.82, 2.24) is 9.55 Å². The van der Waals surface area contributed by atoms with Gasteiger partial charge < -0.3 is 5.73 Å². The summed E-state index contributed by atoms with van der Waals surface area (Å²) in [5, 5.41) is 0.289. The number of carbonyl (C=O) groups excluding carboxylic acids is 1. The van der Waals surface area contributed by atoms with Crippen molar-refractivity contribution in [2.75, 3.05) is 5.73 Å². The number of aromatic nitrogens is 2. The second-order valence-electron chi connectivity index (χ2n) is 6.45. The summed E-state index contributed by atoms with van der Waals surface area (Å²) in [6.07, 6.45) is 4.48. The number of nitrogen functional groups attached to an aromatic ring is 1. The van der Waals surface area contributed by atoms with E-state index in [-0.39, 0.29) is 28.6 Å². The fourth-order valence-corrected chi connectivity index (χ4v) is 5.39. The summed E-state index contributed by atoms with van der Waals surface area (Å²) < 4.78 is 1.69. The number of rotatable bonds is 2. The predicted molar refractivity (Wildman–Crippen MR) is 85.6 cm³/mol. The van der Waals surface area contributed by atoms with Gasteiger partial charge in [0.15, 0.2) is 5.78 Å². The first kappa shape index (κ1) is 13.8. The van der Waals surface area contributed by atoms with Gasteiger partial charge in [0.25, 0.3) is 5.56 Å². The SMILES string of the molecule is CC(=O)c1sc2c(c1N)c(=O)[nH]c(=O)n2[C@@H]1C[C@H]2CC[C@@H]1C2. The van der Waals surface area contributed by atoms with Crippen LogP contribution in [-0.4, -0.2) is 15.3 Å². The molecule has 22 heavy (non-hydrogen) atoms. The van der Waals surface area contributed by atoms with E-state index in [9.17, 15) is 14.4 Å². The zero-order valence-corrected chi connectivity index (χ0v) is 13.0. The molecule has 4 rings (SSSR count). The first-order valence-electron chi connectivity index (χ1n) is 7.55. The van der Waals surface area contributed by atoms with Crippen molar-refractivity contribution in [3.8, 4) is 0 Å². The van der Waals surface area contributed by atoms with Gasteiger partial charge >= 0.3 is 5.69 Å². The van der Waals surface area contributed by atoms with Crippen LogP contribution in [0, 0.1) is 11.8 Å². The molecule has 0 aliphatic heterocycles. The maximum absolute atomic E-state index is 12.4. The second-order valence-corrected chi connectivity index (χ2v) is 7.45. The predicted octanol–water partition coefficient (Wildman–Crippen LogP) is 1.90. The average molecular weight is 319 g/mol. The molecule has 2 aromatic rings. The highest BCUT2D eigenvalue weighted by Gasteiger charge is 2.41. The number of ketones is 1. The fraction of sp³-hybridized carbons (Fsp3) is 0.533. The van der Waals surface area contributed by atoms with E-state index in [4.69, 9.17) is 5.73 Å². The van der Waals surface area contributed by atoms with Crippen LogP contribution in [0.2, 0.25) is 0 Å². The standard InChI is InChI=1S/C15H17N3O3S/c1-6(19)12-11(16)10-13(20)17-15(21)18(14(10)22-12)9-5-7-2-3-8(9)4-7/h7-9H,2-5,16H2,1H3,(H,17,20,21)/t7-,8+,9+/m0/s1. The van der Waals surface area contributed by atoms with Gasteiger partial charge in [0, 0.05) is 13.0 Å². The van der Waals surface area contributed by atoms with Crippen molar-refractivity contribution in [1.29, 1.82) is 0 Å². The first-order valence-corrected chi connectivity index (χ1v) is 8.36. The molecule has 2 bridgehead atoms. The normalized spacial score (nSPS) is 26.9. The van der Waals surface area contributed by atoms with E-state index in [1.165, 1.54) is 24.7 Å². The van der Waals surface area contributed by atoms with E-state index in [0.717, 1.165) is 19.3 Å². The Morgan fingerprint density at radius 1 is 1.32 bits per heavy atom. The Balaban J connectivity index is 2.02. The van der Waals surface area contributed by atoms with Gasteiger partial charge in [-0.15, -0.1) is 11.3 Å². The minimum Gasteiger partial charge on any atom is -0.397 e. The molecular weight excluding hydrogens is 302 g/mol. The van der Waals surface area contributed by atoms with Gasteiger partial charge in [0.2, 0.25) is 0 Å². The van der Waals surface area contributed by atoms with Crippen molar-refractivity contribution in [3.05, 3.63) is 25.7 Å². The van der Waals surface area contributed by atoms with Crippen LogP contribution in [-0.2, 0) is 0 Å². The van der Waals surface area contributed by atoms with Crippen LogP contribution in [0.4, 0.5) is 5.69 Å². The number of nitrogens with zero attached hydrogens (tertiary/aromatic N) is 1. The zero-order chi connectivity index (χ0) is 15.6. The van der Waals surface area contributed by atoms with Crippen LogP contribution in [0.15, 0.2) is 9.59 Å². The average Bonchev–Trinajstić information content (AvgIpc) is 3.12. The number of aromatic amines is 1. The molecular formula is C15H17N3O3S. The molecule has 0 radical (unpaired) electrons. The summed E-state index contributed by atoms with van der Waals surface area (Å²) in [6.45, 7) is 1.43. The lowest BCUT2D eigenvalue weighted by atomic mass is 9.95. The monoisotopic (exact) mass is 319 g/mol. The van der Waals surface area contributed by atoms with Crippen molar-refractivity contribution in [2.45, 2.75) is 38.6 Å². The number of nitrogens with two attached hydrogens (primary N) is 1. The molecule has 116 valence electrons. The summed E-state index contributed by atoms with van der Waals surface area (Å²) in [6, 6.07) is 0.114. The molecule has 0 amide bonds. The highest BCUT2D eigenvalue weighted by Crippen LogP contribution is 2.51. The maximum Gasteiger partial charge on any atom is 0.329 e. The molecule has 2 heterocycles. The van der Waals surface area contributed by atoms with Gasteiger partial charge in [0.1, 0.15) is 4.83 Å². The van der Waals surface area contributed by atoms with Crippen molar-refractivity contribution >= 4 is 33.0 Å². The minimum atomic E-state index is -0.499. The van der Waals surface area contributed by atoms with E-state index in [0.29, 0.717) is 21.5 Å². The van der Waals surface area contributed by atoms with E-state index in [1.807, 2.05) is 0 Å². The van der Waals surface area contributed by atoms with E-state index < -0.39 is 5.56 Å². The third-order valence-electron chi connectivity index (χ3n) is 5.16. The van der Waals surface area contributed by atoms with E-state index >= 15 is 0 Å². The largest absolute Gasteiger partial charge is 0.397 e. The van der Waals surface area contributed by atoms with E-state index in [1.54, 1.807) is 4.57 Å². The summed E-state index contributed by atoms with van der Waals surface area (Å²) in [4.78, 5) is 39.5. The third-order valence-corrected chi connectivity index (χ3v) is 6.47. The highest BCUT2D eigenvalue weighted by atomic mass is 32.1. The molecule has 0 unspecified atom stereocenters. The van der Waals surface area contributed by atoms with Gasteiger partial charge in [-0.2, -0.15) is 0 Å². The fourth-order valence-electron chi connectivity index (χ4n) is 4.22. The Labute approximate surface area is 129 Å². The molecule has 3 atom stereocenters. The quantitative estimate of drug-likeness (QED) is 0.826. The molecule has 2 aliphatic carbocycles. The van der Waals surface area contributed by atoms with Gasteiger partial charge in [-0.1, -0.05) is 6.42 Å². The Morgan fingerprint density at radius 2 is 2.09 bits per heavy atom. The van der Waals surface area contributed by atoms with Crippen LogP contribution in [0.1, 0.15) is 48.3 Å². The molecule has 2 saturated carbocycles. The Kier molecular flexibility index (Phi) is 2.84. The van der Waals surface area contributed by atoms with Gasteiger partial charge in [-0.3, -0.25) is 19.1 Å². The van der Waals surface area contributed by atoms with Gasteiger partial charge in [0.05, 0.1) is 16.0 Å². The first-order chi connectivity index (χ1) is 10.5. The van der Waals surface area contributed by atoms with E-state index in [2.05, 4.69) is 4.98 Å². The molecule has 2 aliphatic rings. The minimum absolute atomic E-state index is 0.114. The Bertz CT molecular complexity index is 907. The number of H-pyrrole nitrogens is 1. The molecule has 3 N–H and O–H groups in total. The molecule has 0 aromatic carbocycles. The zero-order valence-electron chi connectivity index (χ0n) is 12.2. The molecule has 2 aromatic heterocycles. The molecule has 7 heteroatoms. The van der Waals surface area contributed by atoms with Gasteiger partial charge in [-0.25, -0.2) is 4.79 Å². The molecule has 2 fully saturated rings. The van der Waals surface area contributed by atoms with Crippen LogP contribution >= 0.6 is 11.3 Å². The number of thiophene rings is 1. The summed E-state index contributed by atoms with van der Waals surface area (Å²) in [5.41, 5.74) is 5.31. The van der Waals surface area contributed by atoms with Crippen LogP contribution in [0.5, 0.6) is 0 Å². The third kappa shape index (κ3) is 1.75. The summed E-state index contributed by atoms with van der Waals surface area (Å²) in [5.74, 6) is 0.986. The number of fused-ring (bicyclic) bond motifs is 3. The lowest BCUT2D eigenvalue weighted by Gasteiger charge is -2.24. The second kappa shape index (κ2) is 4.55. The van der Waals surface area contributed by atoms with Crippen molar-refractivity contribution in [3.63, 3.8) is 0 Å². The van der Waals surface area contributed by atoms with Gasteiger partial charge in [-0.05, 0) is 31.1 Å². The topological polar surface area (TPSA) is 98.0 Å². The van der Waals surface area contributed by atoms with Crippen LogP contribution in [0.3, 0.4) is 0 Å². The molecule has 0 spiro atoms. The highest BCUT2D eigenvalue weighted by molar-refractivity contribution is 7.21. The number of carbonyl (C=O) groups is 1. The molecule has 6 nitrogen and oxygen atoms in total. The number of hydrogen-bond donors (Lipinski definition) is 2. The number of nitrogens with one attached hydrogen (secondary N) is 1. The Hall–Kier alpha value is -1.89. The summed E-state index contributed by atoms with van der Waals surface area (Å²) >= 11 is 1.17. The Morgan fingerprint density at radius 3 is 2.68 bits per heavy atom. The van der Waals surface area contributed by atoms with Crippen LogP contribution in [0.25, 0.3) is 10.2 Å². The molecule has 0 saturated heterocycles. The number of anilines is 1. The van der Waals surface area contributed by atoms with Crippen molar-refractivity contribution < 1.29 is 4.79 Å².